The standard InChI is InChI=1S/C15H13ClO3/c1-10-9-12(16)7-8-13(10)19-14(15(17)18)11-5-3-2-4-6-11/h2-9,14H,1H3,(H,17,18). The second-order valence-corrected chi connectivity index (χ2v) is 4.59. The number of aryl methyl sites for hydroxylation is 1. The van der Waals surface area contributed by atoms with Gasteiger partial charge in [-0.15, -0.1) is 0 Å². The van der Waals surface area contributed by atoms with E-state index >= 15 is 0 Å². The fraction of sp³-hybridized carbons (Fsp3) is 0.133. The third-order valence-electron chi connectivity index (χ3n) is 2.71. The number of aliphatic carboxylic acids is 1. The zero-order chi connectivity index (χ0) is 13.8. The lowest BCUT2D eigenvalue weighted by atomic mass is 10.1. The van der Waals surface area contributed by atoms with Gasteiger partial charge < -0.3 is 9.84 Å². The van der Waals surface area contributed by atoms with E-state index in [0.29, 0.717) is 16.3 Å². The summed E-state index contributed by atoms with van der Waals surface area (Å²) < 4.78 is 5.59. The summed E-state index contributed by atoms with van der Waals surface area (Å²) in [6.07, 6.45) is -1.03. The quantitative estimate of drug-likeness (QED) is 0.922. The predicted octanol–water partition coefficient (Wildman–Crippen LogP) is 3.85. The highest BCUT2D eigenvalue weighted by molar-refractivity contribution is 6.30. The van der Waals surface area contributed by atoms with E-state index in [2.05, 4.69) is 0 Å². The molecule has 0 amide bonds. The zero-order valence-corrected chi connectivity index (χ0v) is 11.1. The Hall–Kier alpha value is -2.00. The highest BCUT2D eigenvalue weighted by Gasteiger charge is 2.22. The molecule has 19 heavy (non-hydrogen) atoms. The lowest BCUT2D eigenvalue weighted by Crippen LogP contribution is -2.18. The van der Waals surface area contributed by atoms with Gasteiger partial charge in [-0.1, -0.05) is 41.9 Å². The summed E-state index contributed by atoms with van der Waals surface area (Å²) in [4.78, 5) is 11.3. The summed E-state index contributed by atoms with van der Waals surface area (Å²) in [6, 6.07) is 13.9. The first-order valence-electron chi connectivity index (χ1n) is 5.78. The van der Waals surface area contributed by atoms with E-state index in [1.807, 2.05) is 13.0 Å². The monoisotopic (exact) mass is 276 g/mol. The number of halogens is 1. The van der Waals surface area contributed by atoms with Crippen LogP contribution < -0.4 is 4.74 Å². The molecular weight excluding hydrogens is 264 g/mol. The number of carboxylic acid groups (broad SMARTS) is 1. The molecule has 0 aliphatic heterocycles. The second kappa shape index (κ2) is 5.76. The Kier molecular flexibility index (Phi) is 4.07. The highest BCUT2D eigenvalue weighted by Crippen LogP contribution is 2.27. The van der Waals surface area contributed by atoms with Crippen molar-refractivity contribution in [2.45, 2.75) is 13.0 Å². The summed E-state index contributed by atoms with van der Waals surface area (Å²) >= 11 is 5.86. The second-order valence-electron chi connectivity index (χ2n) is 4.16. The van der Waals surface area contributed by atoms with Crippen LogP contribution in [0.4, 0.5) is 0 Å². The summed E-state index contributed by atoms with van der Waals surface area (Å²) in [5.74, 6) is -0.513. The molecule has 1 N–H and O–H groups in total. The number of carbonyl (C=O) groups is 1. The van der Waals surface area contributed by atoms with Crippen molar-refractivity contribution in [2.24, 2.45) is 0 Å². The van der Waals surface area contributed by atoms with Crippen molar-refractivity contribution in [3.8, 4) is 5.75 Å². The molecule has 2 aromatic rings. The molecule has 3 nitrogen and oxygen atoms in total. The molecule has 0 aliphatic rings. The Morgan fingerprint density at radius 2 is 1.89 bits per heavy atom. The van der Waals surface area contributed by atoms with Gasteiger partial charge in [-0.2, -0.15) is 0 Å². The van der Waals surface area contributed by atoms with Gasteiger partial charge >= 0.3 is 5.97 Å². The van der Waals surface area contributed by atoms with Crippen molar-refractivity contribution in [1.82, 2.24) is 0 Å². The largest absolute Gasteiger partial charge is 0.478 e. The molecule has 0 radical (unpaired) electrons. The van der Waals surface area contributed by atoms with Crippen molar-refractivity contribution >= 4 is 17.6 Å². The van der Waals surface area contributed by atoms with Gasteiger partial charge in [0.15, 0.2) is 0 Å². The minimum Gasteiger partial charge on any atom is -0.478 e. The maximum absolute atomic E-state index is 11.3. The Balaban J connectivity index is 2.29. The summed E-state index contributed by atoms with van der Waals surface area (Å²) in [7, 11) is 0. The van der Waals surface area contributed by atoms with Gasteiger partial charge in [0, 0.05) is 10.6 Å². The van der Waals surface area contributed by atoms with Gasteiger partial charge in [-0.3, -0.25) is 0 Å². The zero-order valence-electron chi connectivity index (χ0n) is 10.3. The third-order valence-corrected chi connectivity index (χ3v) is 2.94. The first kappa shape index (κ1) is 13.4. The number of rotatable bonds is 4. The summed E-state index contributed by atoms with van der Waals surface area (Å²) in [5, 5.41) is 9.88. The molecule has 1 atom stereocenters. The van der Waals surface area contributed by atoms with E-state index in [0.717, 1.165) is 5.56 Å². The first-order chi connectivity index (χ1) is 9.08. The van der Waals surface area contributed by atoms with Crippen LogP contribution in [-0.2, 0) is 4.79 Å². The Morgan fingerprint density at radius 1 is 1.21 bits per heavy atom. The van der Waals surface area contributed by atoms with Crippen molar-refractivity contribution in [3.05, 3.63) is 64.7 Å². The molecule has 98 valence electrons. The van der Waals surface area contributed by atoms with Crippen molar-refractivity contribution in [2.75, 3.05) is 0 Å². The van der Waals surface area contributed by atoms with Crippen LogP contribution in [0.2, 0.25) is 5.02 Å². The number of hydrogen-bond donors (Lipinski definition) is 1. The van der Waals surface area contributed by atoms with E-state index in [1.54, 1.807) is 42.5 Å². The maximum Gasteiger partial charge on any atom is 0.349 e. The summed E-state index contributed by atoms with van der Waals surface area (Å²) in [6.45, 7) is 1.82. The molecule has 0 heterocycles. The third kappa shape index (κ3) is 3.26. The molecule has 0 aliphatic carbocycles. The minimum absolute atomic E-state index is 0.514. The molecule has 0 bridgehead atoms. The van der Waals surface area contributed by atoms with Gasteiger partial charge in [0.25, 0.3) is 0 Å². The Morgan fingerprint density at radius 3 is 2.47 bits per heavy atom. The van der Waals surface area contributed by atoms with Gasteiger partial charge in [0.2, 0.25) is 6.10 Å². The normalized spacial score (nSPS) is 11.9. The average molecular weight is 277 g/mol. The van der Waals surface area contributed by atoms with Gasteiger partial charge in [-0.25, -0.2) is 4.79 Å². The first-order valence-corrected chi connectivity index (χ1v) is 6.16. The Bertz CT molecular complexity index is 581. The van der Waals surface area contributed by atoms with E-state index in [1.165, 1.54) is 0 Å². The molecule has 0 saturated heterocycles. The fourth-order valence-electron chi connectivity index (χ4n) is 1.76. The van der Waals surface area contributed by atoms with E-state index in [9.17, 15) is 9.90 Å². The van der Waals surface area contributed by atoms with Crippen LogP contribution in [0, 0.1) is 6.92 Å². The molecule has 0 spiro atoms. The van der Waals surface area contributed by atoms with Crippen molar-refractivity contribution < 1.29 is 14.6 Å². The molecule has 2 rings (SSSR count). The number of hydrogen-bond acceptors (Lipinski definition) is 2. The van der Waals surface area contributed by atoms with Crippen molar-refractivity contribution in [1.29, 1.82) is 0 Å². The predicted molar refractivity (Wildman–Crippen MR) is 73.6 cm³/mol. The lowest BCUT2D eigenvalue weighted by Gasteiger charge is -2.17. The van der Waals surface area contributed by atoms with E-state index in [-0.39, 0.29) is 0 Å². The molecule has 0 aromatic heterocycles. The van der Waals surface area contributed by atoms with E-state index in [4.69, 9.17) is 16.3 Å². The van der Waals surface area contributed by atoms with E-state index < -0.39 is 12.1 Å². The maximum atomic E-state index is 11.3. The molecule has 2 aromatic carbocycles. The van der Waals surface area contributed by atoms with Crippen LogP contribution in [0.1, 0.15) is 17.2 Å². The van der Waals surface area contributed by atoms with Crippen LogP contribution in [0.15, 0.2) is 48.5 Å². The molecular formula is C15H13ClO3. The molecule has 1 unspecified atom stereocenters. The van der Waals surface area contributed by atoms with Crippen LogP contribution in [-0.4, -0.2) is 11.1 Å². The minimum atomic E-state index is -1.03. The van der Waals surface area contributed by atoms with Gasteiger partial charge in [0.05, 0.1) is 0 Å². The SMILES string of the molecule is Cc1cc(Cl)ccc1OC(C(=O)O)c1ccccc1. The number of ether oxygens (including phenoxy) is 1. The van der Waals surface area contributed by atoms with Crippen LogP contribution in [0.5, 0.6) is 5.75 Å². The van der Waals surface area contributed by atoms with Crippen LogP contribution in [0.25, 0.3) is 0 Å². The molecule has 0 fully saturated rings. The topological polar surface area (TPSA) is 46.5 Å². The fourth-order valence-corrected chi connectivity index (χ4v) is 1.99. The van der Waals surface area contributed by atoms with Crippen LogP contribution in [0.3, 0.4) is 0 Å². The smallest absolute Gasteiger partial charge is 0.349 e. The Labute approximate surface area is 116 Å². The molecule has 0 saturated carbocycles. The van der Waals surface area contributed by atoms with Crippen LogP contribution >= 0.6 is 11.6 Å². The summed E-state index contributed by atoms with van der Waals surface area (Å²) in [5.41, 5.74) is 1.40. The van der Waals surface area contributed by atoms with Gasteiger partial charge in [-0.05, 0) is 30.7 Å². The van der Waals surface area contributed by atoms with Gasteiger partial charge in [0.1, 0.15) is 5.75 Å². The average Bonchev–Trinajstić information content (AvgIpc) is 2.38. The highest BCUT2D eigenvalue weighted by atomic mass is 35.5. The number of benzene rings is 2. The molecule has 4 heteroatoms. The lowest BCUT2D eigenvalue weighted by molar-refractivity contribution is -0.145. The number of carboxylic acids is 1. The van der Waals surface area contributed by atoms with Crippen molar-refractivity contribution in [3.63, 3.8) is 0 Å².